The molecule has 0 aromatic heterocycles. The number of hydrogen-bond donors (Lipinski definition) is 1. The van der Waals surface area contributed by atoms with E-state index in [9.17, 15) is 14.4 Å². The van der Waals surface area contributed by atoms with E-state index in [0.29, 0.717) is 12.8 Å². The summed E-state index contributed by atoms with van der Waals surface area (Å²) in [7, 11) is 0. The van der Waals surface area contributed by atoms with Crippen LogP contribution in [0.5, 0.6) is 0 Å². The molecule has 2 amide bonds. The van der Waals surface area contributed by atoms with Crippen molar-refractivity contribution in [3.05, 3.63) is 82.2 Å². The Balaban J connectivity index is 2.22. The number of benzene rings is 2. The van der Waals surface area contributed by atoms with Gasteiger partial charge in [-0.3, -0.25) is 10.1 Å². The maximum Gasteiger partial charge on any atom is 0.437 e. The van der Waals surface area contributed by atoms with E-state index >= 15 is 0 Å². The molecule has 0 heterocycles. The van der Waals surface area contributed by atoms with Crippen molar-refractivity contribution in [1.82, 2.24) is 10.2 Å². The number of hydrogen-bond acceptors (Lipinski definition) is 7. The molecule has 0 radical (unpaired) electrons. The highest BCUT2D eigenvalue weighted by Crippen LogP contribution is 2.09. The van der Waals surface area contributed by atoms with Crippen molar-refractivity contribution in [3.63, 3.8) is 0 Å². The Morgan fingerprint density at radius 1 is 0.923 bits per heavy atom. The van der Waals surface area contributed by atoms with Crippen LogP contribution in [0, 0.1) is 0 Å². The number of azide groups is 1. The van der Waals surface area contributed by atoms with Crippen molar-refractivity contribution in [2.24, 2.45) is 10.1 Å². The molecule has 39 heavy (non-hydrogen) atoms. The molecule has 0 aliphatic heterocycles. The van der Waals surface area contributed by atoms with Gasteiger partial charge >= 0.3 is 18.2 Å². The summed E-state index contributed by atoms with van der Waals surface area (Å²) >= 11 is 0. The average Bonchev–Trinajstić information content (AvgIpc) is 2.90. The topological polar surface area (TPSA) is 155 Å². The molecule has 0 saturated carbocycles. The van der Waals surface area contributed by atoms with Crippen molar-refractivity contribution in [2.75, 3.05) is 19.6 Å². The molecule has 0 aliphatic rings. The lowest BCUT2D eigenvalue weighted by atomic mass is 10.2. The van der Waals surface area contributed by atoms with Crippen LogP contribution in [0.4, 0.5) is 9.59 Å². The van der Waals surface area contributed by atoms with Gasteiger partial charge in [0, 0.05) is 18.0 Å². The summed E-state index contributed by atoms with van der Waals surface area (Å²) in [6, 6.07) is 18.1. The molecule has 0 unspecified atom stereocenters. The third kappa shape index (κ3) is 13.5. The molecule has 2 aromatic carbocycles. The predicted molar refractivity (Wildman–Crippen MR) is 144 cm³/mol. The van der Waals surface area contributed by atoms with Crippen molar-refractivity contribution in [3.8, 4) is 0 Å². The monoisotopic (exact) mass is 538 g/mol. The minimum absolute atomic E-state index is 0.0172. The number of unbranched alkanes of at least 4 members (excludes halogenated alkanes) is 1. The van der Waals surface area contributed by atoms with Gasteiger partial charge in [0.15, 0.2) is 0 Å². The Bertz CT molecular complexity index is 1140. The average molecular weight is 539 g/mol. The molecule has 2 rings (SSSR count). The van der Waals surface area contributed by atoms with Gasteiger partial charge in [-0.2, -0.15) is 0 Å². The number of nitrogens with zero attached hydrogens (tertiary/aromatic N) is 5. The zero-order valence-corrected chi connectivity index (χ0v) is 22.4. The molecular weight excluding hydrogens is 504 g/mol. The molecule has 0 bridgehead atoms. The van der Waals surface area contributed by atoms with Crippen LogP contribution in [0.2, 0.25) is 0 Å². The quantitative estimate of drug-likeness (QED) is 0.0591. The number of rotatable bonds is 11. The lowest BCUT2D eigenvalue weighted by Crippen LogP contribution is -2.48. The minimum atomic E-state index is -0.972. The number of esters is 1. The normalized spacial score (nSPS) is 11.1. The largest absolute Gasteiger partial charge is 0.459 e. The first-order valence-corrected chi connectivity index (χ1v) is 12.4. The Morgan fingerprint density at radius 3 is 2.08 bits per heavy atom. The van der Waals surface area contributed by atoms with Gasteiger partial charge < -0.3 is 19.1 Å². The number of aliphatic imine (C=N–C) groups is 1. The van der Waals surface area contributed by atoms with Crippen molar-refractivity contribution < 1.29 is 28.6 Å². The molecule has 0 fully saturated rings. The van der Waals surface area contributed by atoms with Crippen LogP contribution in [-0.4, -0.2) is 54.3 Å². The lowest BCUT2D eigenvalue weighted by Gasteiger charge is -2.27. The van der Waals surface area contributed by atoms with Gasteiger partial charge in [0.25, 0.3) is 0 Å². The van der Waals surface area contributed by atoms with Gasteiger partial charge in [-0.25, -0.2) is 9.59 Å². The zero-order chi connectivity index (χ0) is 28.5. The molecule has 0 spiro atoms. The third-order valence-corrected chi connectivity index (χ3v) is 4.87. The highest BCUT2D eigenvalue weighted by Gasteiger charge is 2.24. The van der Waals surface area contributed by atoms with Crippen molar-refractivity contribution in [2.45, 2.75) is 52.4 Å². The second-order valence-electron chi connectivity index (χ2n) is 9.33. The summed E-state index contributed by atoms with van der Waals surface area (Å²) in [4.78, 5) is 46.0. The molecule has 208 valence electrons. The Hall–Kier alpha value is -4.57. The van der Waals surface area contributed by atoms with Gasteiger partial charge in [-0.15, -0.1) is 4.99 Å². The van der Waals surface area contributed by atoms with Crippen LogP contribution in [0.3, 0.4) is 0 Å². The SMILES string of the molecule is CC(C)(C)OC(=O)CN(CCCCN=[N+]=[N-])/C(=N/C(=O)OCc1ccccc1)NC(=O)OCc1ccccc1. The maximum atomic E-state index is 12.7. The standard InChI is InChI=1S/C27H34N6O6/c1-27(2,3)39-23(34)18-33(17-11-10-16-29-32-28)24(30-25(35)37-19-21-12-6-4-7-13-21)31-26(36)38-20-22-14-8-5-9-15-22/h4-9,12-15H,10-11,16-20H2,1-3H3,(H,30,31,35,36). The van der Waals surface area contributed by atoms with E-state index in [-0.39, 0.29) is 38.8 Å². The van der Waals surface area contributed by atoms with E-state index in [4.69, 9.17) is 19.7 Å². The summed E-state index contributed by atoms with van der Waals surface area (Å²) in [5.74, 6) is -0.830. The molecule has 1 N–H and O–H groups in total. The fraction of sp³-hybridized carbons (Fsp3) is 0.407. The highest BCUT2D eigenvalue weighted by atomic mass is 16.6. The molecule has 12 nitrogen and oxygen atoms in total. The van der Waals surface area contributed by atoms with E-state index < -0.39 is 23.8 Å². The predicted octanol–water partition coefficient (Wildman–Crippen LogP) is 5.34. The van der Waals surface area contributed by atoms with E-state index in [1.807, 2.05) is 24.3 Å². The van der Waals surface area contributed by atoms with Gasteiger partial charge in [0.1, 0.15) is 25.4 Å². The summed E-state index contributed by atoms with van der Waals surface area (Å²) in [6.45, 7) is 5.24. The molecule has 12 heteroatoms. The summed E-state index contributed by atoms with van der Waals surface area (Å²) < 4.78 is 15.9. The minimum Gasteiger partial charge on any atom is -0.459 e. The fourth-order valence-electron chi connectivity index (χ4n) is 3.19. The van der Waals surface area contributed by atoms with Gasteiger partial charge in [-0.05, 0) is 50.3 Å². The molecular formula is C27H34N6O6. The van der Waals surface area contributed by atoms with E-state index in [2.05, 4.69) is 20.3 Å². The van der Waals surface area contributed by atoms with Crippen molar-refractivity contribution >= 4 is 24.1 Å². The Morgan fingerprint density at radius 2 is 1.51 bits per heavy atom. The van der Waals surface area contributed by atoms with Gasteiger partial charge in [-0.1, -0.05) is 65.8 Å². The Kier molecular flexibility index (Phi) is 12.8. The summed E-state index contributed by atoms with van der Waals surface area (Å²) in [6.07, 6.45) is -0.892. The first kappa shape index (κ1) is 30.7. The number of carbonyl (C=O) groups excluding carboxylic acids is 3. The first-order chi connectivity index (χ1) is 18.7. The smallest absolute Gasteiger partial charge is 0.437 e. The van der Waals surface area contributed by atoms with Crippen molar-refractivity contribution in [1.29, 1.82) is 0 Å². The number of guanidine groups is 1. The van der Waals surface area contributed by atoms with Crippen LogP contribution < -0.4 is 5.32 Å². The first-order valence-electron chi connectivity index (χ1n) is 12.4. The van der Waals surface area contributed by atoms with Crippen LogP contribution >= 0.6 is 0 Å². The second-order valence-corrected chi connectivity index (χ2v) is 9.33. The zero-order valence-electron chi connectivity index (χ0n) is 22.4. The van der Waals surface area contributed by atoms with Crippen LogP contribution in [0.1, 0.15) is 44.7 Å². The second kappa shape index (κ2) is 16.3. The number of ether oxygens (including phenoxy) is 3. The van der Waals surface area contributed by atoms with Crippen LogP contribution in [0.25, 0.3) is 10.4 Å². The molecule has 0 atom stereocenters. The van der Waals surface area contributed by atoms with E-state index in [1.165, 1.54) is 4.90 Å². The summed E-state index contributed by atoms with van der Waals surface area (Å²) in [5.41, 5.74) is 9.27. The molecule has 0 saturated heterocycles. The molecule has 0 aliphatic carbocycles. The van der Waals surface area contributed by atoms with E-state index in [0.717, 1.165) is 11.1 Å². The third-order valence-electron chi connectivity index (χ3n) is 4.87. The Labute approximate surface area is 227 Å². The number of carbonyl (C=O) groups is 3. The van der Waals surface area contributed by atoms with Gasteiger partial charge in [0.05, 0.1) is 0 Å². The fourth-order valence-corrected chi connectivity index (χ4v) is 3.19. The number of alkyl carbamates (subject to hydrolysis) is 1. The van der Waals surface area contributed by atoms with E-state index in [1.54, 1.807) is 57.2 Å². The van der Waals surface area contributed by atoms with Crippen LogP contribution in [0.15, 0.2) is 70.8 Å². The highest BCUT2D eigenvalue weighted by molar-refractivity contribution is 5.99. The van der Waals surface area contributed by atoms with Gasteiger partial charge in [0.2, 0.25) is 5.96 Å². The molecule has 2 aromatic rings. The van der Waals surface area contributed by atoms with Crippen LogP contribution in [-0.2, 0) is 32.2 Å². The number of nitrogens with one attached hydrogen (secondary N) is 1. The number of amides is 2. The summed E-state index contributed by atoms with van der Waals surface area (Å²) in [5, 5.41) is 5.96. The lowest BCUT2D eigenvalue weighted by molar-refractivity contribution is -0.155. The maximum absolute atomic E-state index is 12.7.